The third kappa shape index (κ3) is 3.41. The van der Waals surface area contributed by atoms with Crippen LogP contribution in [0.4, 0.5) is 24.3 Å². The normalized spacial score (nSPS) is 22.3. The first-order valence-corrected chi connectivity index (χ1v) is 11.6. The molecular formula is C22H20F3N7S. The number of nitrogens with one attached hydrogen (secondary N) is 1. The Morgan fingerprint density at radius 3 is 2.52 bits per heavy atom. The molecule has 4 heterocycles. The number of benzene rings is 1. The first-order chi connectivity index (χ1) is 16.0. The van der Waals surface area contributed by atoms with Gasteiger partial charge in [0.05, 0.1) is 0 Å². The summed E-state index contributed by atoms with van der Waals surface area (Å²) in [5, 5.41) is 8.97. The highest BCUT2D eigenvalue weighted by atomic mass is 32.1. The quantitative estimate of drug-likeness (QED) is 0.448. The maximum Gasteiger partial charge on any atom is 0.243 e. The molecule has 33 heavy (non-hydrogen) atoms. The number of pyridine rings is 1. The summed E-state index contributed by atoms with van der Waals surface area (Å²) in [4.78, 5) is 11.4. The van der Waals surface area contributed by atoms with E-state index in [4.69, 9.17) is 0 Å². The van der Waals surface area contributed by atoms with Crippen molar-refractivity contribution in [3.05, 3.63) is 53.7 Å². The second-order valence-electron chi connectivity index (χ2n) is 8.65. The van der Waals surface area contributed by atoms with Crippen molar-refractivity contribution in [3.63, 3.8) is 0 Å². The highest BCUT2D eigenvalue weighted by molar-refractivity contribution is 7.09. The molecule has 2 fully saturated rings. The molecule has 1 aliphatic heterocycles. The Bertz CT molecular complexity index is 1340. The molecule has 6 rings (SSSR count). The fourth-order valence-corrected chi connectivity index (χ4v) is 5.78. The van der Waals surface area contributed by atoms with Gasteiger partial charge in [-0.2, -0.15) is 9.36 Å². The standard InChI is InChI=1S/C22H20F3N7S/c1-11-26-22(33-30-11)31-9-12-4-5-13(10-31)19(12)27-21-28-20-15(3-2-8-32(20)29-21)14-6-7-16(23)18(25)17(14)24/h2-3,6-8,12-13,19H,4-5,9-10H2,1H3,(H,27,29)/t12-,13?,19?/m1/s1. The Balaban J connectivity index is 1.28. The molecule has 2 aliphatic rings. The molecule has 0 radical (unpaired) electrons. The summed E-state index contributed by atoms with van der Waals surface area (Å²) in [6.45, 7) is 3.68. The van der Waals surface area contributed by atoms with Gasteiger partial charge in [-0.3, -0.25) is 0 Å². The van der Waals surface area contributed by atoms with Gasteiger partial charge >= 0.3 is 0 Å². The number of fused-ring (bicyclic) bond motifs is 3. The van der Waals surface area contributed by atoms with Crippen LogP contribution in [-0.4, -0.2) is 43.1 Å². The predicted molar refractivity (Wildman–Crippen MR) is 119 cm³/mol. The van der Waals surface area contributed by atoms with Gasteiger partial charge in [-0.1, -0.05) is 0 Å². The lowest BCUT2D eigenvalue weighted by atomic mass is 9.92. The van der Waals surface area contributed by atoms with Gasteiger partial charge in [-0.05, 0) is 55.9 Å². The van der Waals surface area contributed by atoms with Gasteiger partial charge < -0.3 is 10.2 Å². The number of nitrogens with zero attached hydrogens (tertiary/aromatic N) is 6. The summed E-state index contributed by atoms with van der Waals surface area (Å²) in [6, 6.07) is 5.65. The fourth-order valence-electron chi connectivity index (χ4n) is 5.09. The molecule has 7 nitrogen and oxygen atoms in total. The van der Waals surface area contributed by atoms with E-state index in [0.717, 1.165) is 43.0 Å². The Kier molecular flexibility index (Phi) is 4.75. The molecule has 3 atom stereocenters. The van der Waals surface area contributed by atoms with Crippen LogP contribution in [0, 0.1) is 36.2 Å². The van der Waals surface area contributed by atoms with E-state index in [9.17, 15) is 13.2 Å². The van der Waals surface area contributed by atoms with Crippen molar-refractivity contribution in [2.24, 2.45) is 11.8 Å². The second kappa shape index (κ2) is 7.68. The number of hydrogen-bond donors (Lipinski definition) is 1. The number of hydrogen-bond acceptors (Lipinski definition) is 7. The van der Waals surface area contributed by atoms with Crippen LogP contribution in [0.3, 0.4) is 0 Å². The van der Waals surface area contributed by atoms with Crippen LogP contribution in [0.5, 0.6) is 0 Å². The van der Waals surface area contributed by atoms with Crippen molar-refractivity contribution < 1.29 is 13.2 Å². The lowest BCUT2D eigenvalue weighted by molar-refractivity contribution is 0.376. The molecule has 2 unspecified atom stereocenters. The molecule has 0 amide bonds. The molecule has 170 valence electrons. The lowest BCUT2D eigenvalue weighted by Crippen LogP contribution is -2.48. The average Bonchev–Trinajstić information content (AvgIpc) is 3.48. The summed E-state index contributed by atoms with van der Waals surface area (Å²) in [6.07, 6.45) is 3.91. The summed E-state index contributed by atoms with van der Waals surface area (Å²) >= 11 is 1.43. The number of halogens is 3. The Morgan fingerprint density at radius 1 is 1.00 bits per heavy atom. The van der Waals surface area contributed by atoms with Gasteiger partial charge in [0.15, 0.2) is 23.1 Å². The maximum absolute atomic E-state index is 14.4. The van der Waals surface area contributed by atoms with Gasteiger partial charge in [-0.25, -0.2) is 22.7 Å². The van der Waals surface area contributed by atoms with Crippen molar-refractivity contribution >= 4 is 28.3 Å². The van der Waals surface area contributed by atoms with E-state index in [1.807, 2.05) is 6.92 Å². The molecule has 0 spiro atoms. The third-order valence-corrected chi connectivity index (χ3v) is 7.47. The van der Waals surface area contributed by atoms with E-state index in [0.29, 0.717) is 29.0 Å². The van der Waals surface area contributed by atoms with Gasteiger partial charge in [0.1, 0.15) is 5.82 Å². The monoisotopic (exact) mass is 471 g/mol. The number of piperidine rings is 1. The van der Waals surface area contributed by atoms with Crippen LogP contribution >= 0.6 is 11.5 Å². The van der Waals surface area contributed by atoms with Crippen LogP contribution < -0.4 is 10.2 Å². The van der Waals surface area contributed by atoms with Gasteiger partial charge in [-0.15, -0.1) is 5.10 Å². The molecule has 1 saturated carbocycles. The number of anilines is 2. The molecule has 4 aromatic rings. The van der Waals surface area contributed by atoms with Crippen molar-refractivity contribution in [3.8, 4) is 11.1 Å². The zero-order valence-electron chi connectivity index (χ0n) is 17.7. The Labute approximate surface area is 191 Å². The Hall–Kier alpha value is -3.21. The minimum Gasteiger partial charge on any atom is -0.349 e. The van der Waals surface area contributed by atoms with Crippen LogP contribution in [0.1, 0.15) is 18.7 Å². The maximum atomic E-state index is 14.4. The summed E-state index contributed by atoms with van der Waals surface area (Å²) in [5.74, 6) is -1.89. The van der Waals surface area contributed by atoms with Crippen molar-refractivity contribution in [2.45, 2.75) is 25.8 Å². The topological polar surface area (TPSA) is 71.2 Å². The zero-order chi connectivity index (χ0) is 22.7. The zero-order valence-corrected chi connectivity index (χ0v) is 18.5. The van der Waals surface area contributed by atoms with Crippen LogP contribution in [0.2, 0.25) is 0 Å². The highest BCUT2D eigenvalue weighted by Crippen LogP contribution is 2.40. The Morgan fingerprint density at radius 2 is 1.79 bits per heavy atom. The fraction of sp³-hybridized carbons (Fsp3) is 0.364. The molecule has 1 aliphatic carbocycles. The lowest BCUT2D eigenvalue weighted by Gasteiger charge is -2.37. The largest absolute Gasteiger partial charge is 0.349 e. The first kappa shape index (κ1) is 20.4. The van der Waals surface area contributed by atoms with Crippen LogP contribution in [-0.2, 0) is 0 Å². The molecule has 1 N–H and O–H groups in total. The van der Waals surface area contributed by atoms with E-state index >= 15 is 0 Å². The van der Waals surface area contributed by atoms with Crippen LogP contribution in [0.15, 0.2) is 30.5 Å². The van der Waals surface area contributed by atoms with Gasteiger partial charge in [0.25, 0.3) is 0 Å². The number of aromatic nitrogens is 5. The van der Waals surface area contributed by atoms with E-state index in [1.54, 1.807) is 18.3 Å². The predicted octanol–water partition coefficient (Wildman–Crippen LogP) is 4.30. The minimum atomic E-state index is -1.50. The summed E-state index contributed by atoms with van der Waals surface area (Å²) < 4.78 is 47.5. The summed E-state index contributed by atoms with van der Waals surface area (Å²) in [5.41, 5.74) is 0.664. The molecule has 11 heteroatoms. The number of rotatable bonds is 4. The first-order valence-electron chi connectivity index (χ1n) is 10.8. The molecule has 2 bridgehead atoms. The van der Waals surface area contributed by atoms with E-state index in [2.05, 4.69) is 29.7 Å². The summed E-state index contributed by atoms with van der Waals surface area (Å²) in [7, 11) is 0. The second-order valence-corrected chi connectivity index (χ2v) is 9.38. The van der Waals surface area contributed by atoms with E-state index in [-0.39, 0.29) is 11.6 Å². The number of aryl methyl sites for hydroxylation is 1. The average molecular weight is 472 g/mol. The SMILES string of the molecule is Cc1nsc(N2CC3CC[C@H](C2)C3Nc2nc3c(-c4ccc(F)c(F)c4F)cccn3n2)n1. The highest BCUT2D eigenvalue weighted by Gasteiger charge is 2.43. The molecule has 3 aromatic heterocycles. The minimum absolute atomic E-state index is 0.0563. The van der Waals surface area contributed by atoms with Crippen molar-refractivity contribution in [2.75, 3.05) is 23.3 Å². The van der Waals surface area contributed by atoms with Crippen LogP contribution in [0.25, 0.3) is 16.8 Å². The van der Waals surface area contributed by atoms with Crippen molar-refractivity contribution in [1.29, 1.82) is 0 Å². The molecular weight excluding hydrogens is 451 g/mol. The van der Waals surface area contributed by atoms with E-state index < -0.39 is 17.5 Å². The van der Waals surface area contributed by atoms with Gasteiger partial charge in [0, 0.05) is 48.0 Å². The molecule has 1 saturated heterocycles. The molecule has 1 aromatic carbocycles. The van der Waals surface area contributed by atoms with E-state index in [1.165, 1.54) is 22.1 Å². The van der Waals surface area contributed by atoms with Gasteiger partial charge in [0.2, 0.25) is 11.1 Å². The third-order valence-electron chi connectivity index (χ3n) is 6.60. The smallest absolute Gasteiger partial charge is 0.243 e. The van der Waals surface area contributed by atoms with Crippen molar-refractivity contribution in [1.82, 2.24) is 24.0 Å².